The van der Waals surface area contributed by atoms with Crippen LogP contribution in [0, 0.1) is 6.92 Å². The summed E-state index contributed by atoms with van der Waals surface area (Å²) in [6.07, 6.45) is -0.398. The maximum Gasteiger partial charge on any atom is 0.251 e. The van der Waals surface area contributed by atoms with Crippen molar-refractivity contribution in [2.24, 2.45) is 0 Å². The zero-order valence-corrected chi connectivity index (χ0v) is 22.0. The molecule has 0 radical (unpaired) electrons. The third-order valence-electron chi connectivity index (χ3n) is 4.89. The number of sulfonamides is 1. The number of amides is 3. The van der Waals surface area contributed by atoms with Gasteiger partial charge in [-0.2, -0.15) is 4.72 Å². The fourth-order valence-electron chi connectivity index (χ4n) is 3.17. The molecule has 11 heteroatoms. The summed E-state index contributed by atoms with van der Waals surface area (Å²) in [5.41, 5.74) is 0.713. The Kier molecular flexibility index (Phi) is 10.00. The highest BCUT2D eigenvalue weighted by atomic mass is 32.2. The van der Waals surface area contributed by atoms with Gasteiger partial charge in [0.2, 0.25) is 21.8 Å². The molecule has 4 N–H and O–H groups in total. The average molecular weight is 519 g/mol. The summed E-state index contributed by atoms with van der Waals surface area (Å²) in [6.45, 7) is 7.28. The summed E-state index contributed by atoms with van der Waals surface area (Å²) < 4.78 is 33.2. The minimum absolute atomic E-state index is 0.0207. The van der Waals surface area contributed by atoms with Crippen molar-refractivity contribution in [3.63, 3.8) is 0 Å². The zero-order valence-electron chi connectivity index (χ0n) is 21.2. The van der Waals surface area contributed by atoms with Gasteiger partial charge >= 0.3 is 0 Å². The molecule has 0 heterocycles. The number of methoxy groups -OCH3 is 1. The second-order valence-corrected chi connectivity index (χ2v) is 11.0. The summed E-state index contributed by atoms with van der Waals surface area (Å²) in [4.78, 5) is 37.6. The van der Waals surface area contributed by atoms with Gasteiger partial charge in [-0.1, -0.05) is 23.8 Å². The van der Waals surface area contributed by atoms with E-state index >= 15 is 0 Å². The molecular formula is C25H34N4O6S. The van der Waals surface area contributed by atoms with E-state index in [4.69, 9.17) is 4.74 Å². The summed E-state index contributed by atoms with van der Waals surface area (Å²) in [5.74, 6) is -0.997. The Morgan fingerprint density at radius 1 is 0.972 bits per heavy atom. The molecule has 196 valence electrons. The minimum Gasteiger partial charge on any atom is -0.497 e. The summed E-state index contributed by atoms with van der Waals surface area (Å²) >= 11 is 0. The summed E-state index contributed by atoms with van der Waals surface area (Å²) in [6, 6.07) is 11.4. The van der Waals surface area contributed by atoms with Crippen LogP contribution in [0.2, 0.25) is 0 Å². The molecule has 0 saturated carbocycles. The van der Waals surface area contributed by atoms with E-state index in [1.807, 2.05) is 6.92 Å². The van der Waals surface area contributed by atoms with Crippen LogP contribution in [0.5, 0.6) is 5.75 Å². The summed E-state index contributed by atoms with van der Waals surface area (Å²) in [5, 5.41) is 7.97. The molecule has 3 amide bonds. The lowest BCUT2D eigenvalue weighted by molar-refractivity contribution is -0.128. The van der Waals surface area contributed by atoms with E-state index < -0.39 is 39.8 Å². The van der Waals surface area contributed by atoms with E-state index in [2.05, 4.69) is 20.7 Å². The maximum atomic E-state index is 12.9. The SMILES string of the molecule is COc1cccc(C(=O)NCCNC(=O)[C@H](CC(=O)NC(C)(C)C)NS(=O)(=O)c2ccc(C)cc2)c1. The Morgan fingerprint density at radius 2 is 1.61 bits per heavy atom. The van der Waals surface area contributed by atoms with Gasteiger partial charge in [0.1, 0.15) is 11.8 Å². The van der Waals surface area contributed by atoms with E-state index in [0.29, 0.717) is 11.3 Å². The molecule has 0 spiro atoms. The Balaban J connectivity index is 2.03. The van der Waals surface area contributed by atoms with E-state index in [0.717, 1.165) is 5.56 Å². The lowest BCUT2D eigenvalue weighted by atomic mass is 10.1. The van der Waals surface area contributed by atoms with Crippen molar-refractivity contribution in [1.29, 1.82) is 0 Å². The smallest absolute Gasteiger partial charge is 0.251 e. The van der Waals surface area contributed by atoms with Crippen LogP contribution in [0.4, 0.5) is 0 Å². The van der Waals surface area contributed by atoms with E-state index in [9.17, 15) is 22.8 Å². The van der Waals surface area contributed by atoms with Gasteiger partial charge in [-0.25, -0.2) is 8.42 Å². The maximum absolute atomic E-state index is 12.9. The highest BCUT2D eigenvalue weighted by Crippen LogP contribution is 2.13. The van der Waals surface area contributed by atoms with Crippen LogP contribution < -0.4 is 25.4 Å². The first-order valence-electron chi connectivity index (χ1n) is 11.4. The third kappa shape index (κ3) is 9.31. The summed E-state index contributed by atoms with van der Waals surface area (Å²) in [7, 11) is -2.57. The third-order valence-corrected chi connectivity index (χ3v) is 6.38. The predicted octanol–water partition coefficient (Wildman–Crippen LogP) is 1.50. The quantitative estimate of drug-likeness (QED) is 0.332. The van der Waals surface area contributed by atoms with Gasteiger partial charge in [0.25, 0.3) is 5.91 Å². The monoisotopic (exact) mass is 518 g/mol. The van der Waals surface area contributed by atoms with Gasteiger partial charge in [0.15, 0.2) is 0 Å². The number of hydrogen-bond donors (Lipinski definition) is 4. The fourth-order valence-corrected chi connectivity index (χ4v) is 4.36. The molecule has 0 aliphatic carbocycles. The molecule has 0 saturated heterocycles. The van der Waals surface area contributed by atoms with Crippen molar-refractivity contribution >= 4 is 27.7 Å². The van der Waals surface area contributed by atoms with Crippen LogP contribution in [0.3, 0.4) is 0 Å². The topological polar surface area (TPSA) is 143 Å². The Hall–Kier alpha value is -3.44. The van der Waals surface area contributed by atoms with Crippen LogP contribution in [-0.2, 0) is 19.6 Å². The Morgan fingerprint density at radius 3 is 2.22 bits per heavy atom. The van der Waals surface area contributed by atoms with E-state index in [-0.39, 0.29) is 23.9 Å². The first-order chi connectivity index (χ1) is 16.8. The fraction of sp³-hybridized carbons (Fsp3) is 0.400. The number of carbonyl (C=O) groups is 3. The van der Waals surface area contributed by atoms with Gasteiger partial charge < -0.3 is 20.7 Å². The van der Waals surface area contributed by atoms with E-state index in [1.165, 1.54) is 19.2 Å². The van der Waals surface area contributed by atoms with Crippen molar-refractivity contribution in [1.82, 2.24) is 20.7 Å². The normalized spacial score (nSPS) is 12.4. The number of aryl methyl sites for hydroxylation is 1. The minimum atomic E-state index is -4.07. The van der Waals surface area contributed by atoms with Crippen LogP contribution in [0.25, 0.3) is 0 Å². The number of ether oxygens (including phenoxy) is 1. The highest BCUT2D eigenvalue weighted by molar-refractivity contribution is 7.89. The Bertz CT molecular complexity index is 1170. The molecule has 10 nitrogen and oxygen atoms in total. The van der Waals surface area contributed by atoms with Crippen LogP contribution >= 0.6 is 0 Å². The molecule has 0 aromatic heterocycles. The number of nitrogens with one attached hydrogen (secondary N) is 4. The zero-order chi connectivity index (χ0) is 26.9. The first kappa shape index (κ1) is 28.8. The number of benzene rings is 2. The molecule has 0 fully saturated rings. The van der Waals surface area contributed by atoms with Crippen molar-refractivity contribution < 1.29 is 27.5 Å². The van der Waals surface area contributed by atoms with Crippen molar-refractivity contribution in [2.75, 3.05) is 20.2 Å². The molecule has 2 rings (SSSR count). The second-order valence-electron chi connectivity index (χ2n) is 9.27. The van der Waals surface area contributed by atoms with Gasteiger partial charge in [0, 0.05) is 24.2 Å². The lowest BCUT2D eigenvalue weighted by Gasteiger charge is -2.23. The van der Waals surface area contributed by atoms with Crippen molar-refractivity contribution in [2.45, 2.75) is 50.6 Å². The molecule has 36 heavy (non-hydrogen) atoms. The van der Waals surface area contributed by atoms with Crippen molar-refractivity contribution in [3.05, 3.63) is 59.7 Å². The van der Waals surface area contributed by atoms with Crippen LogP contribution in [-0.4, -0.2) is 57.9 Å². The molecular weight excluding hydrogens is 484 g/mol. The van der Waals surface area contributed by atoms with Gasteiger partial charge in [-0.3, -0.25) is 14.4 Å². The first-order valence-corrected chi connectivity index (χ1v) is 12.9. The van der Waals surface area contributed by atoms with Gasteiger partial charge in [0.05, 0.1) is 18.4 Å². The molecule has 0 aliphatic heterocycles. The highest BCUT2D eigenvalue weighted by Gasteiger charge is 2.29. The Labute approximate surface area is 212 Å². The van der Waals surface area contributed by atoms with Gasteiger partial charge in [-0.05, 0) is 58.0 Å². The number of carbonyl (C=O) groups excluding carboxylic acids is 3. The van der Waals surface area contributed by atoms with Gasteiger partial charge in [-0.15, -0.1) is 0 Å². The van der Waals surface area contributed by atoms with E-state index in [1.54, 1.807) is 57.2 Å². The standard InChI is InChI=1S/C25H34N4O6S/c1-17-9-11-20(12-10-17)36(33,34)29-21(16-22(30)28-25(2,3)4)24(32)27-14-13-26-23(31)18-7-6-8-19(15-18)35-5/h6-12,15,21,29H,13-14,16H2,1-5H3,(H,26,31)(H,27,32)(H,28,30)/t21-/m0/s1. The largest absolute Gasteiger partial charge is 0.497 e. The molecule has 0 aliphatic rings. The predicted molar refractivity (Wildman–Crippen MR) is 136 cm³/mol. The van der Waals surface area contributed by atoms with Crippen LogP contribution in [0.1, 0.15) is 43.1 Å². The molecule has 0 unspecified atom stereocenters. The number of rotatable bonds is 11. The van der Waals surface area contributed by atoms with Crippen LogP contribution in [0.15, 0.2) is 53.4 Å². The molecule has 1 atom stereocenters. The second kappa shape index (κ2) is 12.5. The average Bonchev–Trinajstić information content (AvgIpc) is 2.80. The lowest BCUT2D eigenvalue weighted by Crippen LogP contribution is -2.51. The number of hydrogen-bond acceptors (Lipinski definition) is 6. The molecule has 2 aromatic carbocycles. The molecule has 0 bridgehead atoms. The van der Waals surface area contributed by atoms with Crippen molar-refractivity contribution in [3.8, 4) is 5.75 Å². The molecule has 2 aromatic rings.